The van der Waals surface area contributed by atoms with E-state index in [0.717, 1.165) is 12.1 Å². The number of aliphatic hydroxyl groups is 2. The van der Waals surface area contributed by atoms with E-state index in [2.05, 4.69) is 0 Å². The molecular weight excluding hydrogens is 422 g/mol. The Bertz CT molecular complexity index is 1170. The summed E-state index contributed by atoms with van der Waals surface area (Å²) < 4.78 is 0. The Balaban J connectivity index is 1.92. The summed E-state index contributed by atoms with van der Waals surface area (Å²) in [5.74, 6) is -7.18. The molecule has 3 aliphatic rings. The minimum absolute atomic E-state index is 0.0180. The van der Waals surface area contributed by atoms with E-state index >= 15 is 0 Å². The molecule has 3 aliphatic carbocycles. The lowest BCUT2D eigenvalue weighted by atomic mass is 9.59. The SMILES string of the molecule is CN(C)C1C(O)=C(C(N)=O)C(=O)C2C(=O)C3=C(O)c4c(O)ccc([N+](=O)[O-])c4CC3CC21. The third-order valence-electron chi connectivity index (χ3n) is 6.62. The lowest BCUT2D eigenvalue weighted by molar-refractivity contribution is -0.385. The number of ketones is 2. The van der Waals surface area contributed by atoms with Gasteiger partial charge in [-0.2, -0.15) is 0 Å². The molecule has 0 radical (unpaired) electrons. The van der Waals surface area contributed by atoms with Crippen molar-refractivity contribution in [3.05, 3.63) is 50.3 Å². The summed E-state index contributed by atoms with van der Waals surface area (Å²) in [6.07, 6.45) is 0.114. The lowest BCUT2D eigenvalue weighted by Crippen LogP contribution is -2.55. The molecule has 0 aliphatic heterocycles. The van der Waals surface area contributed by atoms with Crippen molar-refractivity contribution in [2.24, 2.45) is 23.5 Å². The molecular formula is C21H21N3O8. The van der Waals surface area contributed by atoms with Gasteiger partial charge in [-0.05, 0) is 44.8 Å². The number of primary amides is 1. The highest BCUT2D eigenvalue weighted by molar-refractivity contribution is 6.28. The number of phenolic OH excluding ortho intramolecular Hbond substituents is 1. The number of nitro benzene ring substituents is 1. The predicted octanol–water partition coefficient (Wildman–Crippen LogP) is 0.757. The quantitative estimate of drug-likeness (QED) is 0.226. The molecule has 11 nitrogen and oxygen atoms in total. The van der Waals surface area contributed by atoms with Gasteiger partial charge in [0.1, 0.15) is 22.8 Å². The van der Waals surface area contributed by atoms with E-state index in [1.807, 2.05) is 0 Å². The summed E-state index contributed by atoms with van der Waals surface area (Å²) in [5, 5.41) is 43.3. The van der Waals surface area contributed by atoms with Crippen molar-refractivity contribution in [3.8, 4) is 5.75 Å². The van der Waals surface area contributed by atoms with Crippen LogP contribution in [0.4, 0.5) is 5.69 Å². The maximum atomic E-state index is 13.5. The number of amides is 1. The Hall–Kier alpha value is -3.73. The van der Waals surface area contributed by atoms with Gasteiger partial charge in [-0.3, -0.25) is 29.4 Å². The molecule has 0 saturated heterocycles. The molecule has 1 amide bonds. The van der Waals surface area contributed by atoms with Crippen molar-refractivity contribution in [2.45, 2.75) is 18.9 Å². The molecule has 4 atom stereocenters. The van der Waals surface area contributed by atoms with Crippen LogP contribution in [0.25, 0.3) is 5.76 Å². The Morgan fingerprint density at radius 3 is 2.41 bits per heavy atom. The Kier molecular flexibility index (Phi) is 4.81. The molecule has 32 heavy (non-hydrogen) atoms. The van der Waals surface area contributed by atoms with Crippen molar-refractivity contribution in [1.29, 1.82) is 0 Å². The monoisotopic (exact) mass is 443 g/mol. The Morgan fingerprint density at radius 2 is 1.84 bits per heavy atom. The van der Waals surface area contributed by atoms with Crippen molar-refractivity contribution >= 4 is 28.9 Å². The first-order valence-corrected chi connectivity index (χ1v) is 9.87. The van der Waals surface area contributed by atoms with Crippen molar-refractivity contribution in [1.82, 2.24) is 4.90 Å². The number of benzene rings is 1. The molecule has 168 valence electrons. The lowest BCUT2D eigenvalue weighted by Gasteiger charge is -2.45. The number of aliphatic hydroxyl groups excluding tert-OH is 2. The highest BCUT2D eigenvalue weighted by Gasteiger charge is 2.56. The third-order valence-corrected chi connectivity index (χ3v) is 6.62. The largest absolute Gasteiger partial charge is 0.510 e. The zero-order valence-corrected chi connectivity index (χ0v) is 17.2. The molecule has 5 N–H and O–H groups in total. The van der Waals surface area contributed by atoms with Crippen LogP contribution in [-0.2, 0) is 20.8 Å². The maximum Gasteiger partial charge on any atom is 0.273 e. The Morgan fingerprint density at radius 1 is 1.19 bits per heavy atom. The number of fused-ring (bicyclic) bond motifs is 3. The number of hydrogen-bond acceptors (Lipinski definition) is 9. The predicted molar refractivity (Wildman–Crippen MR) is 109 cm³/mol. The number of Topliss-reactive ketones (excluding diaryl/α,β-unsaturated/α-hetero) is 2. The maximum absolute atomic E-state index is 13.5. The zero-order valence-electron chi connectivity index (χ0n) is 17.2. The number of aromatic hydroxyl groups is 1. The molecule has 0 aromatic heterocycles. The molecule has 11 heteroatoms. The van der Waals surface area contributed by atoms with Gasteiger partial charge in [-0.15, -0.1) is 0 Å². The summed E-state index contributed by atoms with van der Waals surface area (Å²) in [7, 11) is 3.22. The molecule has 4 rings (SSSR count). The number of carbonyl (C=O) groups is 3. The van der Waals surface area contributed by atoms with Crippen LogP contribution >= 0.6 is 0 Å². The average Bonchev–Trinajstić information content (AvgIpc) is 2.66. The first-order chi connectivity index (χ1) is 15.0. The molecule has 1 aromatic rings. The van der Waals surface area contributed by atoms with E-state index < -0.39 is 69.0 Å². The summed E-state index contributed by atoms with van der Waals surface area (Å²) >= 11 is 0. The third kappa shape index (κ3) is 2.81. The first-order valence-electron chi connectivity index (χ1n) is 9.87. The van der Waals surface area contributed by atoms with Gasteiger partial charge in [-0.25, -0.2) is 0 Å². The number of likely N-dealkylation sites (N-methyl/N-ethyl adjacent to an activating group) is 1. The highest BCUT2D eigenvalue weighted by Crippen LogP contribution is 2.51. The average molecular weight is 443 g/mol. The van der Waals surface area contributed by atoms with Crippen LogP contribution in [0, 0.1) is 27.9 Å². The van der Waals surface area contributed by atoms with Gasteiger partial charge in [0.15, 0.2) is 11.6 Å². The normalized spacial score (nSPS) is 27.2. The van der Waals surface area contributed by atoms with Crippen LogP contribution in [0.2, 0.25) is 0 Å². The van der Waals surface area contributed by atoms with Gasteiger partial charge < -0.3 is 21.1 Å². The smallest absolute Gasteiger partial charge is 0.273 e. The number of nitrogens with zero attached hydrogens (tertiary/aromatic N) is 2. The molecule has 0 heterocycles. The van der Waals surface area contributed by atoms with Crippen molar-refractivity contribution in [2.75, 3.05) is 14.1 Å². The van der Waals surface area contributed by atoms with Gasteiger partial charge in [0, 0.05) is 17.2 Å². The fraction of sp³-hybridized carbons (Fsp3) is 0.381. The number of carbonyl (C=O) groups excluding carboxylic acids is 3. The number of nitrogens with two attached hydrogens (primary N) is 1. The van der Waals surface area contributed by atoms with Gasteiger partial charge in [-0.1, -0.05) is 0 Å². The molecule has 0 spiro atoms. The van der Waals surface area contributed by atoms with E-state index in [9.17, 15) is 39.8 Å². The van der Waals surface area contributed by atoms with E-state index in [4.69, 9.17) is 5.73 Å². The molecule has 4 unspecified atom stereocenters. The van der Waals surface area contributed by atoms with Crippen LogP contribution < -0.4 is 5.73 Å². The van der Waals surface area contributed by atoms with Crippen LogP contribution in [0.3, 0.4) is 0 Å². The number of nitro groups is 1. The highest BCUT2D eigenvalue weighted by atomic mass is 16.6. The summed E-state index contributed by atoms with van der Waals surface area (Å²) in [6.45, 7) is 0. The number of allylic oxidation sites excluding steroid dienone is 1. The molecule has 1 aromatic carbocycles. The number of phenols is 1. The van der Waals surface area contributed by atoms with Crippen LogP contribution in [0.1, 0.15) is 17.5 Å². The van der Waals surface area contributed by atoms with E-state index in [0.29, 0.717) is 0 Å². The number of hydrogen-bond donors (Lipinski definition) is 4. The number of rotatable bonds is 3. The Labute approximate surface area is 181 Å². The second-order valence-corrected chi connectivity index (χ2v) is 8.52. The van der Waals surface area contributed by atoms with Crippen molar-refractivity contribution in [3.63, 3.8) is 0 Å². The topological polar surface area (TPSA) is 184 Å². The van der Waals surface area contributed by atoms with E-state index in [-0.39, 0.29) is 35.2 Å². The van der Waals surface area contributed by atoms with Crippen LogP contribution in [0.5, 0.6) is 5.75 Å². The van der Waals surface area contributed by atoms with Gasteiger partial charge in [0.05, 0.1) is 22.4 Å². The van der Waals surface area contributed by atoms with Crippen LogP contribution in [-0.4, -0.2) is 62.8 Å². The minimum Gasteiger partial charge on any atom is -0.510 e. The molecule has 0 bridgehead atoms. The summed E-state index contributed by atoms with van der Waals surface area (Å²) in [6, 6.07) is 1.32. The zero-order chi connectivity index (χ0) is 23.6. The second-order valence-electron chi connectivity index (χ2n) is 8.52. The minimum atomic E-state index is -1.36. The summed E-state index contributed by atoms with van der Waals surface area (Å²) in [4.78, 5) is 50.8. The van der Waals surface area contributed by atoms with Crippen LogP contribution in [0.15, 0.2) is 29.0 Å². The summed E-state index contributed by atoms with van der Waals surface area (Å²) in [5.41, 5.74) is 4.11. The molecule has 1 fully saturated rings. The van der Waals surface area contributed by atoms with Gasteiger partial charge in [0.2, 0.25) is 0 Å². The fourth-order valence-electron chi connectivity index (χ4n) is 5.42. The van der Waals surface area contributed by atoms with Gasteiger partial charge >= 0.3 is 0 Å². The molecule has 1 saturated carbocycles. The standard InChI is InChI=1S/C21H21N3O8/c1-23(2)16-9-6-7-5-8-10(24(31)32)3-4-11(25)13(8)17(26)12(7)18(27)14(9)19(28)15(20(16)29)21(22)30/h3-4,7,9,14,16,25-26,29H,5-6H2,1-2H3,(H2,22,30). The van der Waals surface area contributed by atoms with E-state index in [1.165, 1.54) is 0 Å². The fourth-order valence-corrected chi connectivity index (χ4v) is 5.42. The van der Waals surface area contributed by atoms with Crippen molar-refractivity contribution < 1.29 is 34.6 Å². The first kappa shape index (κ1) is 21.5. The van der Waals surface area contributed by atoms with Gasteiger partial charge in [0.25, 0.3) is 11.6 Å². The second kappa shape index (κ2) is 7.16. The van der Waals surface area contributed by atoms with E-state index in [1.54, 1.807) is 19.0 Å².